The van der Waals surface area contributed by atoms with Gasteiger partial charge in [0.05, 0.1) is 5.56 Å². The molecular weight excluding hydrogens is 344 g/mol. The number of nitrogens with zero attached hydrogens (tertiary/aromatic N) is 1. The molecule has 2 aromatic carbocycles. The van der Waals surface area contributed by atoms with Gasteiger partial charge in [0.25, 0.3) is 5.91 Å². The fourth-order valence-electron chi connectivity index (χ4n) is 3.25. The highest BCUT2D eigenvalue weighted by Gasteiger charge is 2.25. The molecule has 26 heavy (non-hydrogen) atoms. The molecule has 136 valence electrons. The normalized spacial score (nSPS) is 14.9. The van der Waals surface area contributed by atoms with Gasteiger partial charge in [0, 0.05) is 30.4 Å². The van der Waals surface area contributed by atoms with Crippen LogP contribution in [0, 0.1) is 0 Å². The average Bonchev–Trinajstić information content (AvgIpc) is 2.68. The van der Waals surface area contributed by atoms with Crippen LogP contribution in [0.5, 0.6) is 0 Å². The van der Waals surface area contributed by atoms with Gasteiger partial charge >= 0.3 is 0 Å². The SMILES string of the molecule is O=C(CCc1ccccc1)NC1CCN(C(=O)c2ccccc2S)CC1. The summed E-state index contributed by atoms with van der Waals surface area (Å²) < 4.78 is 0. The Balaban J connectivity index is 1.44. The number of nitrogens with one attached hydrogen (secondary N) is 1. The van der Waals surface area contributed by atoms with E-state index in [4.69, 9.17) is 0 Å². The Kier molecular flexibility index (Phi) is 6.34. The highest BCUT2D eigenvalue weighted by Crippen LogP contribution is 2.19. The quantitative estimate of drug-likeness (QED) is 0.796. The average molecular weight is 369 g/mol. The molecule has 0 atom stereocenters. The van der Waals surface area contributed by atoms with Crippen LogP contribution in [-0.2, 0) is 11.2 Å². The number of thiol groups is 1. The van der Waals surface area contributed by atoms with Crippen LogP contribution in [0.4, 0.5) is 0 Å². The zero-order valence-corrected chi connectivity index (χ0v) is 15.6. The number of benzene rings is 2. The van der Waals surface area contributed by atoms with Crippen molar-refractivity contribution in [1.82, 2.24) is 10.2 Å². The third kappa shape index (κ3) is 4.88. The van der Waals surface area contributed by atoms with Crippen molar-refractivity contribution in [3.05, 3.63) is 65.7 Å². The van der Waals surface area contributed by atoms with Crippen molar-refractivity contribution >= 4 is 24.4 Å². The summed E-state index contributed by atoms with van der Waals surface area (Å²) in [7, 11) is 0. The van der Waals surface area contributed by atoms with E-state index in [2.05, 4.69) is 17.9 Å². The monoisotopic (exact) mass is 368 g/mol. The Morgan fingerprint density at radius 2 is 1.65 bits per heavy atom. The summed E-state index contributed by atoms with van der Waals surface area (Å²) in [4.78, 5) is 27.3. The van der Waals surface area contributed by atoms with Gasteiger partial charge in [0.1, 0.15) is 0 Å². The number of amides is 2. The summed E-state index contributed by atoms with van der Waals surface area (Å²) in [6.07, 6.45) is 2.83. The molecule has 1 fully saturated rings. The predicted octanol–water partition coefficient (Wildman–Crippen LogP) is 3.33. The smallest absolute Gasteiger partial charge is 0.254 e. The van der Waals surface area contributed by atoms with Gasteiger partial charge in [-0.2, -0.15) is 0 Å². The number of hydrogen-bond acceptors (Lipinski definition) is 3. The Morgan fingerprint density at radius 1 is 1.00 bits per heavy atom. The summed E-state index contributed by atoms with van der Waals surface area (Å²) in [6, 6.07) is 17.5. The van der Waals surface area contributed by atoms with Crippen LogP contribution in [-0.4, -0.2) is 35.8 Å². The van der Waals surface area contributed by atoms with E-state index in [0.717, 1.165) is 19.3 Å². The second kappa shape index (κ2) is 8.90. The molecule has 0 radical (unpaired) electrons. The number of likely N-dealkylation sites (tertiary alicyclic amines) is 1. The van der Waals surface area contributed by atoms with Crippen molar-refractivity contribution in [2.75, 3.05) is 13.1 Å². The van der Waals surface area contributed by atoms with Crippen LogP contribution in [0.25, 0.3) is 0 Å². The fraction of sp³-hybridized carbons (Fsp3) is 0.333. The van der Waals surface area contributed by atoms with E-state index in [1.54, 1.807) is 0 Å². The van der Waals surface area contributed by atoms with E-state index in [9.17, 15) is 9.59 Å². The van der Waals surface area contributed by atoms with Gasteiger partial charge in [-0.05, 0) is 37.0 Å². The number of carbonyl (C=O) groups is 2. The maximum atomic E-state index is 12.6. The Morgan fingerprint density at radius 3 is 2.35 bits per heavy atom. The number of aryl methyl sites for hydroxylation is 1. The van der Waals surface area contributed by atoms with Crippen LogP contribution in [0.15, 0.2) is 59.5 Å². The molecule has 4 nitrogen and oxygen atoms in total. The molecule has 2 amide bonds. The van der Waals surface area contributed by atoms with Gasteiger partial charge < -0.3 is 10.2 Å². The lowest BCUT2D eigenvalue weighted by Gasteiger charge is -2.32. The molecule has 1 saturated heterocycles. The van der Waals surface area contributed by atoms with Gasteiger partial charge in [-0.25, -0.2) is 0 Å². The molecule has 3 rings (SSSR count). The topological polar surface area (TPSA) is 49.4 Å². The van der Waals surface area contributed by atoms with Gasteiger partial charge in [-0.15, -0.1) is 12.6 Å². The Hall–Kier alpha value is -2.27. The maximum absolute atomic E-state index is 12.6. The van der Waals surface area contributed by atoms with Crippen molar-refractivity contribution < 1.29 is 9.59 Å². The molecular formula is C21H24N2O2S. The number of hydrogen-bond donors (Lipinski definition) is 2. The summed E-state index contributed by atoms with van der Waals surface area (Å²) in [5.74, 6) is 0.101. The van der Waals surface area contributed by atoms with E-state index in [1.807, 2.05) is 59.5 Å². The highest BCUT2D eigenvalue weighted by molar-refractivity contribution is 7.80. The first-order valence-electron chi connectivity index (χ1n) is 9.04. The minimum Gasteiger partial charge on any atom is -0.353 e. The summed E-state index contributed by atoms with van der Waals surface area (Å²) in [5, 5.41) is 3.11. The van der Waals surface area contributed by atoms with E-state index >= 15 is 0 Å². The lowest BCUT2D eigenvalue weighted by Crippen LogP contribution is -2.46. The second-order valence-electron chi connectivity index (χ2n) is 6.64. The van der Waals surface area contributed by atoms with Crippen molar-refractivity contribution in [2.45, 2.75) is 36.6 Å². The lowest BCUT2D eigenvalue weighted by atomic mass is 10.0. The van der Waals surface area contributed by atoms with E-state index in [0.29, 0.717) is 30.0 Å². The minimum atomic E-state index is 0.0180. The summed E-state index contributed by atoms with van der Waals surface area (Å²) in [6.45, 7) is 1.31. The molecule has 1 aliphatic rings. The molecule has 0 spiro atoms. The fourth-order valence-corrected chi connectivity index (χ4v) is 3.51. The second-order valence-corrected chi connectivity index (χ2v) is 7.12. The standard InChI is InChI=1S/C21H24N2O2S/c24-20(11-10-16-6-2-1-3-7-16)22-17-12-14-23(15-13-17)21(25)18-8-4-5-9-19(18)26/h1-9,17,26H,10-15H2,(H,22,24). The van der Waals surface area contributed by atoms with E-state index < -0.39 is 0 Å². The maximum Gasteiger partial charge on any atom is 0.254 e. The Bertz CT molecular complexity index is 756. The van der Waals surface area contributed by atoms with E-state index in [1.165, 1.54) is 5.56 Å². The number of carbonyl (C=O) groups excluding carboxylic acids is 2. The first kappa shape index (κ1) is 18.5. The van der Waals surface area contributed by atoms with Crippen LogP contribution in [0.3, 0.4) is 0 Å². The summed E-state index contributed by atoms with van der Waals surface area (Å²) >= 11 is 4.37. The van der Waals surface area contributed by atoms with Crippen LogP contribution in [0.1, 0.15) is 35.2 Å². The number of piperidine rings is 1. The summed E-state index contributed by atoms with van der Waals surface area (Å²) in [5.41, 5.74) is 1.81. The molecule has 5 heteroatoms. The van der Waals surface area contributed by atoms with Crippen LogP contribution >= 0.6 is 12.6 Å². The zero-order valence-electron chi connectivity index (χ0n) is 14.7. The zero-order chi connectivity index (χ0) is 18.4. The van der Waals surface area contributed by atoms with Crippen molar-refractivity contribution in [2.24, 2.45) is 0 Å². The number of rotatable bonds is 5. The third-order valence-corrected chi connectivity index (χ3v) is 5.16. The van der Waals surface area contributed by atoms with Crippen molar-refractivity contribution in [1.29, 1.82) is 0 Å². The van der Waals surface area contributed by atoms with Crippen LogP contribution in [0.2, 0.25) is 0 Å². The molecule has 1 aliphatic heterocycles. The third-order valence-electron chi connectivity index (χ3n) is 4.77. The molecule has 1 N–H and O–H groups in total. The molecule has 0 aromatic heterocycles. The molecule has 0 bridgehead atoms. The molecule has 2 aromatic rings. The van der Waals surface area contributed by atoms with Gasteiger partial charge in [0.2, 0.25) is 5.91 Å². The first-order chi connectivity index (χ1) is 12.6. The van der Waals surface area contributed by atoms with Gasteiger partial charge in [-0.3, -0.25) is 9.59 Å². The van der Waals surface area contributed by atoms with Crippen molar-refractivity contribution in [3.63, 3.8) is 0 Å². The lowest BCUT2D eigenvalue weighted by molar-refractivity contribution is -0.122. The van der Waals surface area contributed by atoms with Gasteiger partial charge in [0.15, 0.2) is 0 Å². The molecule has 0 unspecified atom stereocenters. The molecule has 1 heterocycles. The minimum absolute atomic E-state index is 0.0180. The highest BCUT2D eigenvalue weighted by atomic mass is 32.1. The molecule has 0 saturated carbocycles. The Labute approximate surface area is 160 Å². The first-order valence-corrected chi connectivity index (χ1v) is 9.49. The molecule has 0 aliphatic carbocycles. The van der Waals surface area contributed by atoms with Crippen LogP contribution < -0.4 is 5.32 Å². The van der Waals surface area contributed by atoms with Gasteiger partial charge in [-0.1, -0.05) is 42.5 Å². The van der Waals surface area contributed by atoms with Crippen molar-refractivity contribution in [3.8, 4) is 0 Å². The largest absolute Gasteiger partial charge is 0.353 e. The predicted molar refractivity (Wildman–Crippen MR) is 106 cm³/mol. The van der Waals surface area contributed by atoms with E-state index in [-0.39, 0.29) is 17.9 Å².